The smallest absolute Gasteiger partial charge is 0.240 e. The predicted molar refractivity (Wildman–Crippen MR) is 113 cm³/mol. The molecule has 10 heteroatoms. The van der Waals surface area contributed by atoms with Crippen LogP contribution in [0.5, 0.6) is 0 Å². The molecule has 0 aliphatic carbocycles. The van der Waals surface area contributed by atoms with E-state index in [1.807, 2.05) is 18.7 Å². The number of ketones is 1. The normalized spacial score (nSPS) is 15.3. The largest absolute Gasteiger partial charge is 0.353 e. The van der Waals surface area contributed by atoms with Crippen molar-refractivity contribution in [1.82, 2.24) is 19.8 Å². The maximum absolute atomic E-state index is 12.4. The van der Waals surface area contributed by atoms with Crippen LogP contribution in [0.3, 0.4) is 0 Å². The van der Waals surface area contributed by atoms with Gasteiger partial charge in [-0.05, 0) is 32.9 Å². The second-order valence-electron chi connectivity index (χ2n) is 7.61. The summed E-state index contributed by atoms with van der Waals surface area (Å²) in [6.45, 7) is 7.74. The molecule has 0 atom stereocenters. The molecule has 30 heavy (non-hydrogen) atoms. The number of benzene rings is 1. The molecule has 2 N–H and O–H groups in total. The first-order valence-corrected chi connectivity index (χ1v) is 11.5. The maximum atomic E-state index is 12.4. The second kappa shape index (κ2) is 10.6. The summed E-state index contributed by atoms with van der Waals surface area (Å²) in [6, 6.07) is 5.76. The molecule has 0 saturated carbocycles. The molecule has 2 amide bonds. The number of Topliss-reactive ketones (excluding diaryl/α,β-unsaturated/α-hetero) is 1. The van der Waals surface area contributed by atoms with Crippen molar-refractivity contribution in [1.29, 1.82) is 0 Å². The van der Waals surface area contributed by atoms with Gasteiger partial charge in [0.15, 0.2) is 5.78 Å². The molecule has 0 bridgehead atoms. The lowest BCUT2D eigenvalue weighted by molar-refractivity contribution is -0.133. The number of hydrogen-bond donors (Lipinski definition) is 2. The topological polar surface area (TPSA) is 116 Å². The van der Waals surface area contributed by atoms with E-state index in [1.54, 1.807) is 4.90 Å². The number of amides is 2. The maximum Gasteiger partial charge on any atom is 0.240 e. The van der Waals surface area contributed by atoms with Crippen molar-refractivity contribution >= 4 is 27.6 Å². The zero-order valence-electron chi connectivity index (χ0n) is 17.7. The number of sulfonamides is 1. The number of rotatable bonds is 9. The number of carbonyl (C=O) groups excluding carboxylic acids is 3. The summed E-state index contributed by atoms with van der Waals surface area (Å²) in [5.74, 6) is -0.301. The molecule has 0 aromatic heterocycles. The summed E-state index contributed by atoms with van der Waals surface area (Å²) in [4.78, 5) is 39.2. The van der Waals surface area contributed by atoms with E-state index in [1.165, 1.54) is 31.2 Å². The van der Waals surface area contributed by atoms with Crippen LogP contribution < -0.4 is 10.0 Å². The van der Waals surface area contributed by atoms with Crippen molar-refractivity contribution in [3.05, 3.63) is 29.8 Å². The molecule has 1 aliphatic rings. The van der Waals surface area contributed by atoms with E-state index >= 15 is 0 Å². The summed E-state index contributed by atoms with van der Waals surface area (Å²) >= 11 is 0. The fourth-order valence-electron chi connectivity index (χ4n) is 3.13. The molecule has 1 aromatic carbocycles. The number of hydrogen-bond acceptors (Lipinski definition) is 6. The average molecular weight is 439 g/mol. The van der Waals surface area contributed by atoms with Gasteiger partial charge in [0.25, 0.3) is 0 Å². The Balaban J connectivity index is 1.75. The lowest BCUT2D eigenvalue weighted by Gasteiger charge is -2.34. The van der Waals surface area contributed by atoms with E-state index < -0.39 is 10.0 Å². The molecule has 0 unspecified atom stereocenters. The highest BCUT2D eigenvalue weighted by Crippen LogP contribution is 2.11. The van der Waals surface area contributed by atoms with E-state index in [0.717, 1.165) is 0 Å². The van der Waals surface area contributed by atoms with Crippen molar-refractivity contribution in [2.75, 3.05) is 39.3 Å². The first-order chi connectivity index (χ1) is 14.1. The van der Waals surface area contributed by atoms with Crippen LogP contribution in [0.15, 0.2) is 29.2 Å². The molecule has 0 radical (unpaired) electrons. The monoisotopic (exact) mass is 438 g/mol. The molecule has 9 nitrogen and oxygen atoms in total. The van der Waals surface area contributed by atoms with Crippen LogP contribution in [0.25, 0.3) is 0 Å². The first-order valence-electron chi connectivity index (χ1n) is 9.98. The molecule has 1 aliphatic heterocycles. The van der Waals surface area contributed by atoms with Crippen LogP contribution in [0.1, 0.15) is 37.6 Å². The Kier molecular flexibility index (Phi) is 8.51. The van der Waals surface area contributed by atoms with E-state index in [-0.39, 0.29) is 41.5 Å². The van der Waals surface area contributed by atoms with Gasteiger partial charge in [-0.2, -0.15) is 0 Å². The van der Waals surface area contributed by atoms with Crippen LogP contribution >= 0.6 is 0 Å². The van der Waals surface area contributed by atoms with Crippen LogP contribution in [0, 0.1) is 0 Å². The highest BCUT2D eigenvalue weighted by molar-refractivity contribution is 7.89. The Morgan fingerprint density at radius 1 is 1.03 bits per heavy atom. The van der Waals surface area contributed by atoms with Gasteiger partial charge in [0.1, 0.15) is 0 Å². The lowest BCUT2D eigenvalue weighted by atomic mass is 10.2. The molecule has 2 rings (SSSR count). The van der Waals surface area contributed by atoms with Crippen molar-refractivity contribution in [3.63, 3.8) is 0 Å². The fraction of sp³-hybridized carbons (Fsp3) is 0.550. The lowest BCUT2D eigenvalue weighted by Crippen LogP contribution is -2.51. The van der Waals surface area contributed by atoms with Gasteiger partial charge in [-0.15, -0.1) is 0 Å². The standard InChI is InChI=1S/C20H30N4O5S/c1-15(2)22-19(26)14-23-10-12-24(13-11-23)20(27)8-9-21-30(28,29)18-6-4-17(5-7-18)16(3)25/h4-7,15,21H,8-14H2,1-3H3,(H,22,26). The number of nitrogens with zero attached hydrogens (tertiary/aromatic N) is 2. The van der Waals surface area contributed by atoms with Gasteiger partial charge >= 0.3 is 0 Å². The van der Waals surface area contributed by atoms with Gasteiger partial charge in [-0.1, -0.05) is 12.1 Å². The van der Waals surface area contributed by atoms with Crippen molar-refractivity contribution in [2.24, 2.45) is 0 Å². The third-order valence-corrected chi connectivity index (χ3v) is 6.22. The second-order valence-corrected chi connectivity index (χ2v) is 9.37. The summed E-state index contributed by atoms with van der Waals surface area (Å²) < 4.78 is 27.1. The zero-order chi connectivity index (χ0) is 22.3. The Labute approximate surface area is 177 Å². The Hall–Kier alpha value is -2.30. The summed E-state index contributed by atoms with van der Waals surface area (Å²) in [5.41, 5.74) is 0.435. The highest BCUT2D eigenvalue weighted by Gasteiger charge is 2.23. The zero-order valence-corrected chi connectivity index (χ0v) is 18.5. The van der Waals surface area contributed by atoms with Crippen LogP contribution in [0.2, 0.25) is 0 Å². The van der Waals surface area contributed by atoms with Gasteiger partial charge in [0.05, 0.1) is 11.4 Å². The fourth-order valence-corrected chi connectivity index (χ4v) is 4.16. The third-order valence-electron chi connectivity index (χ3n) is 4.74. The number of piperazine rings is 1. The highest BCUT2D eigenvalue weighted by atomic mass is 32.2. The van der Waals surface area contributed by atoms with E-state index in [0.29, 0.717) is 38.3 Å². The van der Waals surface area contributed by atoms with Gasteiger partial charge in [0, 0.05) is 50.7 Å². The van der Waals surface area contributed by atoms with E-state index in [9.17, 15) is 22.8 Å². The van der Waals surface area contributed by atoms with Crippen molar-refractivity contribution in [2.45, 2.75) is 38.1 Å². The minimum Gasteiger partial charge on any atom is -0.353 e. The number of nitrogens with one attached hydrogen (secondary N) is 2. The molecular weight excluding hydrogens is 408 g/mol. The molecule has 1 aromatic rings. The Bertz CT molecular complexity index is 860. The molecule has 1 saturated heterocycles. The first kappa shape index (κ1) is 24.0. The summed E-state index contributed by atoms with van der Waals surface area (Å²) in [6.07, 6.45) is 0.0542. The van der Waals surface area contributed by atoms with E-state index in [4.69, 9.17) is 0 Å². The van der Waals surface area contributed by atoms with Crippen LogP contribution in [0.4, 0.5) is 0 Å². The third kappa shape index (κ3) is 7.19. The minimum atomic E-state index is -3.75. The van der Waals surface area contributed by atoms with Crippen molar-refractivity contribution in [3.8, 4) is 0 Å². The summed E-state index contributed by atoms with van der Waals surface area (Å²) in [5, 5.41) is 2.85. The minimum absolute atomic E-state index is 0.00731. The van der Waals surface area contributed by atoms with Gasteiger partial charge in [0.2, 0.25) is 21.8 Å². The average Bonchev–Trinajstić information content (AvgIpc) is 2.67. The number of carbonyl (C=O) groups is 3. The van der Waals surface area contributed by atoms with Crippen LogP contribution in [-0.4, -0.2) is 81.1 Å². The van der Waals surface area contributed by atoms with Gasteiger partial charge in [-0.25, -0.2) is 13.1 Å². The van der Waals surface area contributed by atoms with Crippen LogP contribution in [-0.2, 0) is 19.6 Å². The molecule has 1 heterocycles. The SMILES string of the molecule is CC(=O)c1ccc(S(=O)(=O)NCCC(=O)N2CCN(CC(=O)NC(C)C)CC2)cc1. The molecule has 1 fully saturated rings. The Morgan fingerprint density at radius 3 is 2.17 bits per heavy atom. The summed E-state index contributed by atoms with van der Waals surface area (Å²) in [7, 11) is -3.75. The predicted octanol–water partition coefficient (Wildman–Crippen LogP) is 0.226. The molecule has 0 spiro atoms. The Morgan fingerprint density at radius 2 is 1.63 bits per heavy atom. The van der Waals surface area contributed by atoms with Crippen molar-refractivity contribution < 1.29 is 22.8 Å². The molecule has 166 valence electrons. The quantitative estimate of drug-likeness (QED) is 0.533. The molecular formula is C20H30N4O5S. The van der Waals surface area contributed by atoms with E-state index in [2.05, 4.69) is 10.0 Å². The van der Waals surface area contributed by atoms with Gasteiger partial charge in [-0.3, -0.25) is 19.3 Å². The van der Waals surface area contributed by atoms with Gasteiger partial charge < -0.3 is 10.2 Å².